The maximum atomic E-state index is 11.7. The highest BCUT2D eigenvalue weighted by molar-refractivity contribution is 5.78. The second kappa shape index (κ2) is 7.84. The maximum absolute atomic E-state index is 11.7. The van der Waals surface area contributed by atoms with Crippen molar-refractivity contribution in [1.29, 1.82) is 0 Å². The number of aliphatic hydroxyl groups excluding tert-OH is 1. The molecule has 0 heterocycles. The van der Waals surface area contributed by atoms with Crippen molar-refractivity contribution in [2.45, 2.75) is 25.4 Å². The van der Waals surface area contributed by atoms with Crippen molar-refractivity contribution in [3.8, 4) is 0 Å². The third-order valence-electron chi connectivity index (χ3n) is 2.89. The zero-order valence-corrected chi connectivity index (χ0v) is 10.9. The number of benzene rings is 1. The molecule has 18 heavy (non-hydrogen) atoms. The van der Waals surface area contributed by atoms with Gasteiger partial charge in [0.2, 0.25) is 0 Å². The van der Waals surface area contributed by atoms with E-state index in [1.165, 1.54) is 7.11 Å². The smallest absolute Gasteiger partial charge is 0.314 e. The first-order chi connectivity index (χ1) is 8.69. The first-order valence-corrected chi connectivity index (χ1v) is 6.20. The van der Waals surface area contributed by atoms with Gasteiger partial charge in [0.1, 0.15) is 0 Å². The maximum Gasteiger partial charge on any atom is 0.314 e. The molecule has 0 amide bonds. The van der Waals surface area contributed by atoms with Crippen molar-refractivity contribution in [1.82, 2.24) is 5.32 Å². The van der Waals surface area contributed by atoms with Gasteiger partial charge in [-0.15, -0.1) is 0 Å². The lowest BCUT2D eigenvalue weighted by Gasteiger charge is -2.17. The minimum absolute atomic E-state index is 0.264. The third-order valence-corrected chi connectivity index (χ3v) is 2.89. The van der Waals surface area contributed by atoms with Crippen molar-refractivity contribution >= 4 is 5.97 Å². The van der Waals surface area contributed by atoms with E-state index >= 15 is 0 Å². The summed E-state index contributed by atoms with van der Waals surface area (Å²) in [6.07, 6.45) is 0.320. The van der Waals surface area contributed by atoms with Crippen LogP contribution in [0.5, 0.6) is 0 Å². The van der Waals surface area contributed by atoms with Crippen LogP contribution < -0.4 is 5.32 Å². The minimum atomic E-state index is -0.376. The highest BCUT2D eigenvalue weighted by Gasteiger charge is 2.20. The number of carbonyl (C=O) groups excluding carboxylic acids is 1. The highest BCUT2D eigenvalue weighted by Crippen LogP contribution is 2.16. The van der Waals surface area contributed by atoms with Gasteiger partial charge in [-0.3, -0.25) is 4.79 Å². The average molecular weight is 251 g/mol. The van der Waals surface area contributed by atoms with E-state index in [1.807, 2.05) is 37.3 Å². The summed E-state index contributed by atoms with van der Waals surface area (Å²) in [5, 5.41) is 12.6. The molecule has 1 rings (SSSR count). The fraction of sp³-hybridized carbons (Fsp3) is 0.500. The standard InChI is InChI=1S/C14H21NO3/c1-3-12(16)9-15-10-13(14(17)18-2)11-7-5-4-6-8-11/h4-8,12-13,15-16H,3,9-10H2,1-2H3. The number of aliphatic hydroxyl groups is 1. The van der Waals surface area contributed by atoms with Gasteiger partial charge in [-0.2, -0.15) is 0 Å². The molecule has 1 aromatic carbocycles. The molecule has 4 heteroatoms. The average Bonchev–Trinajstić information content (AvgIpc) is 2.43. The van der Waals surface area contributed by atoms with E-state index in [0.717, 1.165) is 5.56 Å². The van der Waals surface area contributed by atoms with Crippen LogP contribution in [-0.4, -0.2) is 37.4 Å². The number of rotatable bonds is 7. The van der Waals surface area contributed by atoms with Crippen LogP contribution in [0.1, 0.15) is 24.8 Å². The Hall–Kier alpha value is -1.39. The summed E-state index contributed by atoms with van der Waals surface area (Å²) in [7, 11) is 1.39. The van der Waals surface area contributed by atoms with E-state index < -0.39 is 0 Å². The molecule has 4 nitrogen and oxygen atoms in total. The Kier molecular flexibility index (Phi) is 6.39. The van der Waals surface area contributed by atoms with E-state index in [1.54, 1.807) is 0 Å². The molecule has 0 radical (unpaired) electrons. The summed E-state index contributed by atoms with van der Waals surface area (Å²) in [5.74, 6) is -0.597. The largest absolute Gasteiger partial charge is 0.469 e. The molecule has 2 atom stereocenters. The van der Waals surface area contributed by atoms with Crippen LogP contribution in [0.3, 0.4) is 0 Å². The van der Waals surface area contributed by atoms with Crippen LogP contribution in [0.2, 0.25) is 0 Å². The van der Waals surface area contributed by atoms with E-state index in [-0.39, 0.29) is 18.0 Å². The lowest BCUT2D eigenvalue weighted by Crippen LogP contribution is -2.33. The molecular weight excluding hydrogens is 230 g/mol. The molecule has 100 valence electrons. The summed E-state index contributed by atoms with van der Waals surface area (Å²) in [4.78, 5) is 11.7. The van der Waals surface area contributed by atoms with Crippen LogP contribution in [0, 0.1) is 0 Å². The topological polar surface area (TPSA) is 58.6 Å². The molecule has 0 saturated carbocycles. The summed E-state index contributed by atoms with van der Waals surface area (Å²) >= 11 is 0. The molecule has 0 aliphatic heterocycles. The van der Waals surface area contributed by atoms with Crippen LogP contribution >= 0.6 is 0 Å². The van der Waals surface area contributed by atoms with Crippen molar-refractivity contribution in [2.24, 2.45) is 0 Å². The van der Waals surface area contributed by atoms with Crippen LogP contribution in [-0.2, 0) is 9.53 Å². The summed E-state index contributed by atoms with van der Waals surface area (Å²) in [6, 6.07) is 9.50. The lowest BCUT2D eigenvalue weighted by molar-refractivity contribution is -0.142. The predicted molar refractivity (Wildman–Crippen MR) is 70.4 cm³/mol. The Morgan fingerprint density at radius 1 is 1.33 bits per heavy atom. The van der Waals surface area contributed by atoms with E-state index in [0.29, 0.717) is 19.5 Å². The third kappa shape index (κ3) is 4.47. The van der Waals surface area contributed by atoms with Crippen LogP contribution in [0.25, 0.3) is 0 Å². The second-order valence-electron chi connectivity index (χ2n) is 4.21. The molecule has 0 aliphatic carbocycles. The lowest BCUT2D eigenvalue weighted by atomic mass is 9.99. The van der Waals surface area contributed by atoms with Crippen LogP contribution in [0.15, 0.2) is 30.3 Å². The quantitative estimate of drug-likeness (QED) is 0.717. The zero-order chi connectivity index (χ0) is 13.4. The Bertz CT molecular complexity index is 353. The summed E-state index contributed by atoms with van der Waals surface area (Å²) in [6.45, 7) is 2.87. The number of carbonyl (C=O) groups is 1. The Labute approximate surface area is 108 Å². The molecule has 0 aliphatic rings. The normalized spacial score (nSPS) is 13.9. The first kappa shape index (κ1) is 14.7. The van der Waals surface area contributed by atoms with Crippen molar-refractivity contribution in [3.05, 3.63) is 35.9 Å². The van der Waals surface area contributed by atoms with Crippen molar-refractivity contribution in [2.75, 3.05) is 20.2 Å². The van der Waals surface area contributed by atoms with Crippen molar-refractivity contribution < 1.29 is 14.6 Å². The zero-order valence-electron chi connectivity index (χ0n) is 10.9. The van der Waals surface area contributed by atoms with Crippen LogP contribution in [0.4, 0.5) is 0 Å². The molecule has 0 aromatic heterocycles. The Balaban J connectivity index is 2.60. The van der Waals surface area contributed by atoms with Gasteiger partial charge in [-0.1, -0.05) is 37.3 Å². The first-order valence-electron chi connectivity index (χ1n) is 6.20. The number of nitrogens with one attached hydrogen (secondary N) is 1. The molecule has 2 N–H and O–H groups in total. The van der Waals surface area contributed by atoms with Gasteiger partial charge < -0.3 is 15.2 Å². The fourth-order valence-corrected chi connectivity index (χ4v) is 1.70. The molecule has 0 bridgehead atoms. The molecule has 1 aromatic rings. The number of hydrogen-bond acceptors (Lipinski definition) is 4. The van der Waals surface area contributed by atoms with E-state index in [2.05, 4.69) is 5.32 Å². The Morgan fingerprint density at radius 2 is 2.00 bits per heavy atom. The SMILES string of the molecule is CCC(O)CNCC(C(=O)OC)c1ccccc1. The summed E-state index contributed by atoms with van der Waals surface area (Å²) < 4.78 is 4.81. The minimum Gasteiger partial charge on any atom is -0.469 e. The van der Waals surface area contributed by atoms with Gasteiger partial charge in [0.25, 0.3) is 0 Å². The number of esters is 1. The van der Waals surface area contributed by atoms with E-state index in [9.17, 15) is 9.90 Å². The molecule has 0 spiro atoms. The van der Waals surface area contributed by atoms with Gasteiger partial charge >= 0.3 is 5.97 Å². The number of hydrogen-bond donors (Lipinski definition) is 2. The van der Waals surface area contributed by atoms with Crippen molar-refractivity contribution in [3.63, 3.8) is 0 Å². The van der Waals surface area contributed by atoms with Gasteiger partial charge in [0, 0.05) is 13.1 Å². The molecule has 0 fully saturated rings. The van der Waals surface area contributed by atoms with Gasteiger partial charge in [-0.25, -0.2) is 0 Å². The molecular formula is C14H21NO3. The fourth-order valence-electron chi connectivity index (χ4n) is 1.70. The predicted octanol–water partition coefficient (Wildman–Crippen LogP) is 1.30. The molecule has 2 unspecified atom stereocenters. The highest BCUT2D eigenvalue weighted by atomic mass is 16.5. The van der Waals surface area contributed by atoms with E-state index in [4.69, 9.17) is 4.74 Å². The monoisotopic (exact) mass is 251 g/mol. The molecule has 0 saturated heterocycles. The summed E-state index contributed by atoms with van der Waals surface area (Å²) in [5.41, 5.74) is 0.919. The second-order valence-corrected chi connectivity index (χ2v) is 4.21. The van der Waals surface area contributed by atoms with Gasteiger partial charge in [0.05, 0.1) is 19.1 Å². The number of methoxy groups -OCH3 is 1. The number of ether oxygens (including phenoxy) is 1. The van der Waals surface area contributed by atoms with Gasteiger partial charge in [-0.05, 0) is 12.0 Å². The van der Waals surface area contributed by atoms with Gasteiger partial charge in [0.15, 0.2) is 0 Å². The Morgan fingerprint density at radius 3 is 2.56 bits per heavy atom.